The normalized spacial score (nSPS) is 12.4. The highest BCUT2D eigenvalue weighted by atomic mass is 32.2. The van der Waals surface area contributed by atoms with E-state index in [9.17, 15) is 26.8 Å². The Morgan fingerprint density at radius 1 is 1.08 bits per heavy atom. The van der Waals surface area contributed by atoms with Crippen LogP contribution in [-0.4, -0.2) is 32.8 Å². The van der Waals surface area contributed by atoms with Crippen LogP contribution in [0.25, 0.3) is 0 Å². The molecule has 9 heteroatoms. The van der Waals surface area contributed by atoms with Gasteiger partial charge in [-0.3, -0.25) is 9.59 Å². The second-order valence-corrected chi connectivity index (χ2v) is 7.05. The summed E-state index contributed by atoms with van der Waals surface area (Å²) < 4.78 is 56.7. The number of carbonyl (C=O) groups is 2. The first kappa shape index (κ1) is 19.7. The largest absolute Gasteiger partial charge is 0.453 e. The van der Waals surface area contributed by atoms with E-state index in [-0.39, 0.29) is 10.5 Å². The summed E-state index contributed by atoms with van der Waals surface area (Å²) in [6, 6.07) is 8.93. The summed E-state index contributed by atoms with van der Waals surface area (Å²) >= 11 is 0. The number of Topliss-reactive ketones (excluding diaryl/α,β-unsaturated/α-hetero) is 1. The van der Waals surface area contributed by atoms with Crippen LogP contribution < -0.4 is 4.72 Å². The van der Waals surface area contributed by atoms with Crippen LogP contribution in [0, 0.1) is 11.6 Å². The van der Waals surface area contributed by atoms with Gasteiger partial charge in [-0.25, -0.2) is 17.2 Å². The van der Waals surface area contributed by atoms with Crippen LogP contribution in [-0.2, 0) is 19.6 Å². The van der Waals surface area contributed by atoms with Crippen molar-refractivity contribution >= 4 is 21.8 Å². The maximum atomic E-state index is 13.1. The highest BCUT2D eigenvalue weighted by molar-refractivity contribution is 7.89. The third kappa shape index (κ3) is 5.17. The Balaban J connectivity index is 1.93. The molecule has 6 nitrogen and oxygen atoms in total. The van der Waals surface area contributed by atoms with Gasteiger partial charge in [0, 0.05) is 5.56 Å². The number of nitrogens with one attached hydrogen (secondary N) is 1. The van der Waals surface area contributed by atoms with E-state index < -0.39 is 46.1 Å². The lowest BCUT2D eigenvalue weighted by Crippen LogP contribution is -2.34. The van der Waals surface area contributed by atoms with Crippen LogP contribution in [0.2, 0.25) is 0 Å². The molecule has 1 N–H and O–H groups in total. The van der Waals surface area contributed by atoms with Crippen LogP contribution >= 0.6 is 0 Å². The molecule has 2 aromatic carbocycles. The molecular weight excluding hydrogens is 368 g/mol. The summed E-state index contributed by atoms with van der Waals surface area (Å²) in [4.78, 5) is 23.5. The average molecular weight is 383 g/mol. The molecule has 2 rings (SSSR count). The third-order valence-electron chi connectivity index (χ3n) is 3.32. The monoisotopic (exact) mass is 383 g/mol. The van der Waals surface area contributed by atoms with Crippen LogP contribution in [0.4, 0.5) is 8.78 Å². The molecule has 0 aromatic heterocycles. The van der Waals surface area contributed by atoms with Gasteiger partial charge in [-0.15, -0.1) is 0 Å². The maximum absolute atomic E-state index is 13.1. The number of hydrogen-bond acceptors (Lipinski definition) is 5. The van der Waals surface area contributed by atoms with Crippen LogP contribution in [0.5, 0.6) is 0 Å². The lowest BCUT2D eigenvalue weighted by molar-refractivity contribution is -0.144. The van der Waals surface area contributed by atoms with Gasteiger partial charge in [0.1, 0.15) is 18.2 Å². The first-order valence-corrected chi connectivity index (χ1v) is 8.92. The van der Waals surface area contributed by atoms with Crippen LogP contribution in [0.15, 0.2) is 53.4 Å². The number of esters is 1. The van der Waals surface area contributed by atoms with E-state index in [4.69, 9.17) is 4.74 Å². The standard InChI is InChI=1S/C17H15F2NO5S/c1-11(17(22)12-5-7-13(18)8-6-12)25-16(21)10-20-26(23,24)15-4-2-3-14(19)9-15/h2-9,11,20H,10H2,1H3/t11-/m1/s1. The van der Waals surface area contributed by atoms with Crippen molar-refractivity contribution in [2.75, 3.05) is 6.54 Å². The summed E-state index contributed by atoms with van der Waals surface area (Å²) in [5.74, 6) is -2.81. The van der Waals surface area contributed by atoms with E-state index in [2.05, 4.69) is 0 Å². The minimum atomic E-state index is -4.11. The van der Waals surface area contributed by atoms with Crippen molar-refractivity contribution in [2.24, 2.45) is 0 Å². The van der Waals surface area contributed by atoms with Crippen molar-refractivity contribution in [1.29, 1.82) is 0 Å². The molecule has 0 fully saturated rings. The lowest BCUT2D eigenvalue weighted by atomic mass is 10.1. The van der Waals surface area contributed by atoms with Crippen LogP contribution in [0.1, 0.15) is 17.3 Å². The fourth-order valence-electron chi connectivity index (χ4n) is 2.01. The van der Waals surface area contributed by atoms with Gasteiger partial charge in [0.25, 0.3) is 0 Å². The van der Waals surface area contributed by atoms with Crippen molar-refractivity contribution < 1.29 is 31.5 Å². The van der Waals surface area contributed by atoms with Gasteiger partial charge < -0.3 is 4.74 Å². The number of hydrogen-bond donors (Lipinski definition) is 1. The van der Waals surface area contributed by atoms with Gasteiger partial charge in [-0.1, -0.05) is 6.07 Å². The summed E-state index contributed by atoms with van der Waals surface area (Å²) in [5, 5.41) is 0. The minimum Gasteiger partial charge on any atom is -0.453 e. The first-order chi connectivity index (χ1) is 12.2. The average Bonchev–Trinajstić information content (AvgIpc) is 2.60. The molecule has 0 unspecified atom stereocenters. The Morgan fingerprint density at radius 2 is 1.73 bits per heavy atom. The highest BCUT2D eigenvalue weighted by Gasteiger charge is 2.21. The predicted octanol–water partition coefficient (Wildman–Crippen LogP) is 2.06. The van der Waals surface area contributed by atoms with Gasteiger partial charge in [-0.05, 0) is 49.4 Å². The van der Waals surface area contributed by atoms with Gasteiger partial charge in [-0.2, -0.15) is 4.72 Å². The number of ketones is 1. The fourth-order valence-corrected chi connectivity index (χ4v) is 3.01. The molecule has 0 bridgehead atoms. The summed E-state index contributed by atoms with van der Waals surface area (Å²) in [7, 11) is -4.11. The molecule has 0 aliphatic carbocycles. The molecule has 138 valence electrons. The number of benzene rings is 2. The van der Waals surface area contributed by atoms with Crippen LogP contribution in [0.3, 0.4) is 0 Å². The van der Waals surface area contributed by atoms with E-state index in [1.54, 1.807) is 0 Å². The Morgan fingerprint density at radius 3 is 2.35 bits per heavy atom. The van der Waals surface area contributed by atoms with Crippen molar-refractivity contribution in [1.82, 2.24) is 4.72 Å². The zero-order valence-corrected chi connectivity index (χ0v) is 14.4. The van der Waals surface area contributed by atoms with Gasteiger partial charge in [0.05, 0.1) is 4.90 Å². The van der Waals surface area contributed by atoms with Crippen molar-refractivity contribution in [2.45, 2.75) is 17.9 Å². The molecular formula is C17H15F2NO5S. The molecule has 0 heterocycles. The number of ether oxygens (including phenoxy) is 1. The van der Waals surface area contributed by atoms with Crippen molar-refractivity contribution in [3.05, 3.63) is 65.7 Å². The highest BCUT2D eigenvalue weighted by Crippen LogP contribution is 2.11. The number of halogens is 2. The summed E-state index contributed by atoms with van der Waals surface area (Å²) in [6.45, 7) is 0.574. The van der Waals surface area contributed by atoms with Crippen molar-refractivity contribution in [3.63, 3.8) is 0 Å². The Kier molecular flexibility index (Phi) is 6.17. The quantitative estimate of drug-likeness (QED) is 0.584. The molecule has 0 amide bonds. The summed E-state index contributed by atoms with van der Waals surface area (Å²) in [6.07, 6.45) is -1.19. The second kappa shape index (κ2) is 8.15. The SMILES string of the molecule is C[C@@H](OC(=O)CNS(=O)(=O)c1cccc(F)c1)C(=O)c1ccc(F)cc1. The number of rotatable bonds is 7. The fraction of sp³-hybridized carbons (Fsp3) is 0.176. The minimum absolute atomic E-state index is 0.145. The van der Waals surface area contributed by atoms with E-state index in [1.807, 2.05) is 4.72 Å². The molecule has 0 spiro atoms. The summed E-state index contributed by atoms with van der Waals surface area (Å²) in [5.41, 5.74) is 0.145. The Hall–Kier alpha value is -2.65. The molecule has 0 aliphatic rings. The smallest absolute Gasteiger partial charge is 0.321 e. The number of carbonyl (C=O) groups excluding carboxylic acids is 2. The molecule has 0 aliphatic heterocycles. The number of sulfonamides is 1. The zero-order chi connectivity index (χ0) is 19.3. The molecule has 2 aromatic rings. The third-order valence-corrected chi connectivity index (χ3v) is 4.72. The van der Waals surface area contributed by atoms with Gasteiger partial charge >= 0.3 is 5.97 Å². The van der Waals surface area contributed by atoms with Gasteiger partial charge in [0.2, 0.25) is 15.8 Å². The predicted molar refractivity (Wildman–Crippen MR) is 87.9 cm³/mol. The lowest BCUT2D eigenvalue weighted by Gasteiger charge is -2.13. The zero-order valence-electron chi connectivity index (χ0n) is 13.6. The molecule has 26 heavy (non-hydrogen) atoms. The van der Waals surface area contributed by atoms with Gasteiger partial charge in [0.15, 0.2) is 6.10 Å². The Labute approximate surface area is 148 Å². The maximum Gasteiger partial charge on any atom is 0.321 e. The van der Waals surface area contributed by atoms with E-state index >= 15 is 0 Å². The Bertz CT molecular complexity index is 913. The topological polar surface area (TPSA) is 89.5 Å². The molecule has 0 saturated heterocycles. The van der Waals surface area contributed by atoms with Crippen molar-refractivity contribution in [3.8, 4) is 0 Å². The van der Waals surface area contributed by atoms with E-state index in [0.29, 0.717) is 0 Å². The molecule has 0 radical (unpaired) electrons. The molecule has 0 saturated carbocycles. The molecule has 1 atom stereocenters. The van der Waals surface area contributed by atoms with E-state index in [0.717, 1.165) is 30.3 Å². The van der Waals surface area contributed by atoms with E-state index in [1.165, 1.54) is 25.1 Å². The second-order valence-electron chi connectivity index (χ2n) is 5.29. The first-order valence-electron chi connectivity index (χ1n) is 7.43.